The summed E-state index contributed by atoms with van der Waals surface area (Å²) in [5, 5.41) is 9.86. The number of ether oxygens (including phenoxy) is 3. The zero-order chi connectivity index (χ0) is 59.8. The van der Waals surface area contributed by atoms with Crippen LogP contribution in [0, 0.1) is 0 Å². The van der Waals surface area contributed by atoms with E-state index in [2.05, 4.69) is 93.7 Å². The van der Waals surface area contributed by atoms with Gasteiger partial charge in [0.1, 0.15) is 12.7 Å². The highest BCUT2D eigenvalue weighted by molar-refractivity contribution is 7.47. The first-order valence-corrected chi connectivity index (χ1v) is 35.0. The van der Waals surface area contributed by atoms with E-state index >= 15 is 0 Å². The van der Waals surface area contributed by atoms with E-state index in [0.29, 0.717) is 19.3 Å². The van der Waals surface area contributed by atoms with Gasteiger partial charge in [-0.25, -0.2) is 4.57 Å². The normalized spacial score (nSPS) is 13.8. The summed E-state index contributed by atoms with van der Waals surface area (Å²) in [4.78, 5) is 48.8. The van der Waals surface area contributed by atoms with Crippen molar-refractivity contribution in [3.63, 3.8) is 0 Å². The molecule has 3 unspecified atom stereocenters. The molecule has 0 heterocycles. The van der Waals surface area contributed by atoms with Crippen molar-refractivity contribution in [2.45, 2.75) is 315 Å². The van der Waals surface area contributed by atoms with Crippen LogP contribution in [-0.2, 0) is 42.2 Å². The molecular weight excluding hydrogens is 1050 g/mol. The lowest BCUT2D eigenvalue weighted by atomic mass is 10.0. The van der Waals surface area contributed by atoms with Gasteiger partial charge in [0.15, 0.2) is 6.10 Å². The van der Waals surface area contributed by atoms with Gasteiger partial charge in [0.05, 0.1) is 19.8 Å². The Bertz CT molecular complexity index is 1700. The standard InChI is InChI=1S/C70H123O11P/c1-4-7-10-13-16-19-22-25-28-31-33-36-38-41-44-47-50-53-56-59-68(72)77-63-67(81-70(74)61-58-55-52-49-46-43-40-37-34-32-29-26-23-20-17-14-11-8-5-2)65-79-82(75,76)78-64-66(62-71)80-69(73)60-57-54-51-48-45-42-39-35-30-27-24-21-18-15-12-9-6-3/h8,11,17,20,26-27,29-30,34,37,43,46,52,55,66-67,71H,4-7,9-10,12-16,18-19,21-25,28,31-33,35-36,38-42,44-45,47-51,53-54,56-65H2,1-3H3,(H,75,76)/b11-8-,20-17-,29-26-,30-27-,37-34-,46-43-,55-52-. The van der Waals surface area contributed by atoms with Gasteiger partial charge in [0, 0.05) is 19.3 Å². The predicted molar refractivity (Wildman–Crippen MR) is 344 cm³/mol. The molecule has 0 aromatic rings. The Morgan fingerprint density at radius 3 is 1.05 bits per heavy atom. The number of phosphoric acid groups is 1. The number of esters is 3. The maximum atomic E-state index is 13.0. The van der Waals surface area contributed by atoms with Crippen molar-refractivity contribution < 1.29 is 52.2 Å². The molecule has 0 aliphatic heterocycles. The summed E-state index contributed by atoms with van der Waals surface area (Å²) in [6, 6.07) is 0. The number of unbranched alkanes of at least 4 members (excludes halogenated alkanes) is 31. The molecule has 2 N–H and O–H groups in total. The molecule has 0 saturated carbocycles. The summed E-state index contributed by atoms with van der Waals surface area (Å²) in [5.74, 6) is -1.56. The molecule has 12 heteroatoms. The van der Waals surface area contributed by atoms with Crippen LogP contribution in [0.3, 0.4) is 0 Å². The van der Waals surface area contributed by atoms with Gasteiger partial charge in [-0.2, -0.15) is 0 Å². The summed E-state index contributed by atoms with van der Waals surface area (Å²) in [5.41, 5.74) is 0. The molecule has 0 aromatic heterocycles. The first-order chi connectivity index (χ1) is 40.2. The number of aliphatic hydroxyl groups excluding tert-OH is 1. The third-order valence-electron chi connectivity index (χ3n) is 14.3. The quantitative estimate of drug-likeness (QED) is 0.0197. The largest absolute Gasteiger partial charge is 0.472 e. The smallest absolute Gasteiger partial charge is 0.462 e. The van der Waals surface area contributed by atoms with Crippen LogP contribution in [0.15, 0.2) is 85.1 Å². The van der Waals surface area contributed by atoms with Crippen molar-refractivity contribution in [1.82, 2.24) is 0 Å². The van der Waals surface area contributed by atoms with Gasteiger partial charge in [-0.15, -0.1) is 0 Å². The van der Waals surface area contributed by atoms with Crippen molar-refractivity contribution >= 4 is 25.7 Å². The summed E-state index contributed by atoms with van der Waals surface area (Å²) < 4.78 is 39.6. The average molecular weight is 1170 g/mol. The molecule has 0 saturated heterocycles. The summed E-state index contributed by atoms with van der Waals surface area (Å²) >= 11 is 0. The molecule has 0 aromatic carbocycles. The summed E-state index contributed by atoms with van der Waals surface area (Å²) in [7, 11) is -4.78. The molecule has 11 nitrogen and oxygen atoms in total. The Labute approximate surface area is 502 Å². The topological polar surface area (TPSA) is 155 Å². The van der Waals surface area contributed by atoms with Crippen LogP contribution in [0.25, 0.3) is 0 Å². The van der Waals surface area contributed by atoms with Crippen LogP contribution >= 0.6 is 7.82 Å². The van der Waals surface area contributed by atoms with Crippen LogP contribution in [-0.4, -0.2) is 66.5 Å². The lowest BCUT2D eigenvalue weighted by Crippen LogP contribution is -2.30. The molecule has 0 rings (SSSR count). The van der Waals surface area contributed by atoms with Crippen molar-refractivity contribution in [1.29, 1.82) is 0 Å². The number of carbonyl (C=O) groups excluding carboxylic acids is 3. The molecule has 474 valence electrons. The highest BCUT2D eigenvalue weighted by Gasteiger charge is 2.28. The molecule has 82 heavy (non-hydrogen) atoms. The molecule has 0 aliphatic carbocycles. The number of carbonyl (C=O) groups is 3. The second kappa shape index (κ2) is 63.7. The fourth-order valence-corrected chi connectivity index (χ4v) is 10.0. The van der Waals surface area contributed by atoms with Gasteiger partial charge in [-0.05, 0) is 83.5 Å². The summed E-state index contributed by atoms with van der Waals surface area (Å²) in [6.45, 7) is 4.50. The van der Waals surface area contributed by atoms with Crippen molar-refractivity contribution in [3.8, 4) is 0 Å². The van der Waals surface area contributed by atoms with E-state index in [0.717, 1.165) is 83.5 Å². The molecule has 0 fully saturated rings. The predicted octanol–water partition coefficient (Wildman–Crippen LogP) is 20.6. The number of aliphatic hydroxyl groups is 1. The monoisotopic (exact) mass is 1170 g/mol. The highest BCUT2D eigenvalue weighted by Crippen LogP contribution is 2.43. The summed E-state index contributed by atoms with van der Waals surface area (Å²) in [6.07, 6.45) is 75.5. The number of allylic oxidation sites excluding steroid dienone is 14. The van der Waals surface area contributed by atoms with E-state index in [4.69, 9.17) is 23.3 Å². The Morgan fingerprint density at radius 1 is 0.354 bits per heavy atom. The van der Waals surface area contributed by atoms with E-state index in [1.807, 2.05) is 12.2 Å². The van der Waals surface area contributed by atoms with Gasteiger partial charge < -0.3 is 24.2 Å². The van der Waals surface area contributed by atoms with E-state index in [1.165, 1.54) is 161 Å². The Kier molecular flexibility index (Phi) is 61.1. The van der Waals surface area contributed by atoms with Crippen molar-refractivity contribution in [2.75, 3.05) is 26.4 Å². The minimum Gasteiger partial charge on any atom is -0.462 e. The van der Waals surface area contributed by atoms with Gasteiger partial charge in [-0.3, -0.25) is 23.4 Å². The molecule has 0 bridgehead atoms. The fraction of sp³-hybridized carbons (Fsp3) is 0.757. The van der Waals surface area contributed by atoms with Gasteiger partial charge in [0.25, 0.3) is 0 Å². The van der Waals surface area contributed by atoms with Crippen LogP contribution < -0.4 is 0 Å². The maximum absolute atomic E-state index is 13.0. The van der Waals surface area contributed by atoms with Gasteiger partial charge in [-0.1, -0.05) is 286 Å². The first-order valence-electron chi connectivity index (χ1n) is 33.5. The Hall–Kier alpha value is -3.34. The van der Waals surface area contributed by atoms with E-state index in [1.54, 1.807) is 0 Å². The Balaban J connectivity index is 4.77. The van der Waals surface area contributed by atoms with Gasteiger partial charge >= 0.3 is 25.7 Å². The third kappa shape index (κ3) is 61.2. The number of phosphoric ester groups is 1. The molecule has 3 atom stereocenters. The van der Waals surface area contributed by atoms with E-state index in [-0.39, 0.29) is 25.9 Å². The fourth-order valence-electron chi connectivity index (χ4n) is 9.26. The second-order valence-electron chi connectivity index (χ2n) is 22.3. The average Bonchev–Trinajstić information content (AvgIpc) is 3.50. The zero-order valence-electron chi connectivity index (χ0n) is 52.7. The van der Waals surface area contributed by atoms with Gasteiger partial charge in [0.2, 0.25) is 0 Å². The van der Waals surface area contributed by atoms with E-state index in [9.17, 15) is 28.9 Å². The van der Waals surface area contributed by atoms with Crippen LogP contribution in [0.4, 0.5) is 0 Å². The van der Waals surface area contributed by atoms with Crippen LogP contribution in [0.2, 0.25) is 0 Å². The maximum Gasteiger partial charge on any atom is 0.472 e. The second-order valence-corrected chi connectivity index (χ2v) is 23.7. The number of hydrogen-bond donors (Lipinski definition) is 2. The first kappa shape index (κ1) is 78.7. The molecule has 0 amide bonds. The number of hydrogen-bond acceptors (Lipinski definition) is 10. The van der Waals surface area contributed by atoms with Crippen LogP contribution in [0.1, 0.15) is 303 Å². The molecule has 0 spiro atoms. The van der Waals surface area contributed by atoms with E-state index < -0.39 is 57.8 Å². The highest BCUT2D eigenvalue weighted by atomic mass is 31.2. The Morgan fingerprint density at radius 2 is 0.659 bits per heavy atom. The lowest BCUT2D eigenvalue weighted by Gasteiger charge is -2.21. The molecule has 0 radical (unpaired) electrons. The van der Waals surface area contributed by atoms with Crippen LogP contribution in [0.5, 0.6) is 0 Å². The zero-order valence-corrected chi connectivity index (χ0v) is 53.6. The van der Waals surface area contributed by atoms with Crippen molar-refractivity contribution in [3.05, 3.63) is 85.1 Å². The SMILES string of the molecule is CC/C=C\C/C=C\C/C=C\C/C=C\C/C=C\C/C=C\CCC(=O)OC(COC(=O)CCCCCCCCCCCCCCCCCCCCC)COP(=O)(O)OCC(CO)OC(=O)CCCCCCCCC/C=C\CCCCCCCC. The lowest BCUT2D eigenvalue weighted by molar-refractivity contribution is -0.161. The number of rotatable bonds is 62. The molecular formula is C70H123O11P. The van der Waals surface area contributed by atoms with Crippen molar-refractivity contribution in [2.24, 2.45) is 0 Å². The minimum absolute atomic E-state index is 0.0419. The minimum atomic E-state index is -4.78. The third-order valence-corrected chi connectivity index (χ3v) is 15.3. The molecule has 0 aliphatic rings.